The Labute approximate surface area is 236 Å². The maximum absolute atomic E-state index is 15.0. The van der Waals surface area contributed by atoms with Crippen molar-refractivity contribution >= 4 is 27.5 Å². The molecule has 1 aliphatic rings. The van der Waals surface area contributed by atoms with Crippen molar-refractivity contribution in [1.82, 2.24) is 10.2 Å². The quantitative estimate of drug-likeness (QED) is 0.347. The highest BCUT2D eigenvalue weighted by molar-refractivity contribution is 7.92. The van der Waals surface area contributed by atoms with E-state index >= 15 is 4.39 Å². The topological polar surface area (TPSA) is 86.8 Å². The molecular formula is C31H36FN3O4S. The molecule has 212 valence electrons. The van der Waals surface area contributed by atoms with Gasteiger partial charge in [0, 0.05) is 12.6 Å². The molecule has 4 rings (SSSR count). The van der Waals surface area contributed by atoms with Crippen LogP contribution in [0.2, 0.25) is 0 Å². The van der Waals surface area contributed by atoms with Gasteiger partial charge in [0.2, 0.25) is 11.8 Å². The number of para-hydroxylation sites is 1. The van der Waals surface area contributed by atoms with E-state index in [2.05, 4.69) is 5.32 Å². The molecule has 40 heavy (non-hydrogen) atoms. The van der Waals surface area contributed by atoms with E-state index in [9.17, 15) is 18.0 Å². The molecule has 0 unspecified atom stereocenters. The molecule has 1 aliphatic carbocycles. The van der Waals surface area contributed by atoms with Crippen molar-refractivity contribution in [2.45, 2.75) is 69.5 Å². The fourth-order valence-electron chi connectivity index (χ4n) is 5.06. The third-order valence-electron chi connectivity index (χ3n) is 7.29. The van der Waals surface area contributed by atoms with Gasteiger partial charge < -0.3 is 10.2 Å². The van der Waals surface area contributed by atoms with E-state index in [0.29, 0.717) is 6.42 Å². The summed E-state index contributed by atoms with van der Waals surface area (Å²) in [5, 5.41) is 3.09. The number of anilines is 1. The number of benzene rings is 3. The van der Waals surface area contributed by atoms with E-state index in [0.717, 1.165) is 47.2 Å². The average molecular weight is 566 g/mol. The summed E-state index contributed by atoms with van der Waals surface area (Å²) in [5.74, 6) is -1.64. The Bertz CT molecular complexity index is 1410. The highest BCUT2D eigenvalue weighted by Crippen LogP contribution is 2.27. The van der Waals surface area contributed by atoms with E-state index < -0.39 is 34.3 Å². The van der Waals surface area contributed by atoms with Gasteiger partial charge in [0.05, 0.1) is 10.6 Å². The van der Waals surface area contributed by atoms with E-state index in [-0.39, 0.29) is 29.1 Å². The van der Waals surface area contributed by atoms with Crippen LogP contribution in [0.15, 0.2) is 83.8 Å². The summed E-state index contributed by atoms with van der Waals surface area (Å²) in [6, 6.07) is 19.9. The molecule has 0 aromatic heterocycles. The second-order valence-electron chi connectivity index (χ2n) is 10.2. The SMILES string of the molecule is CC[C@@H](C(=O)NC1CCCC1)N(Cc1ccc(C)cc1)C(=O)CN(c1ccccc1F)S(=O)(=O)c1ccccc1. The maximum Gasteiger partial charge on any atom is 0.264 e. The largest absolute Gasteiger partial charge is 0.352 e. The molecule has 0 heterocycles. The number of hydrogen-bond acceptors (Lipinski definition) is 4. The monoisotopic (exact) mass is 565 g/mol. The van der Waals surface area contributed by atoms with Crippen molar-refractivity contribution in [2.75, 3.05) is 10.8 Å². The average Bonchev–Trinajstić information content (AvgIpc) is 3.46. The molecule has 7 nitrogen and oxygen atoms in total. The maximum atomic E-state index is 15.0. The van der Waals surface area contributed by atoms with Gasteiger partial charge in [-0.05, 0) is 56.0 Å². The number of nitrogens with zero attached hydrogens (tertiary/aromatic N) is 2. The number of carbonyl (C=O) groups excluding carboxylic acids is 2. The standard InChI is InChI=1S/C31H36FN3O4S/c1-3-28(31(37)33-25-11-7-8-12-25)34(21-24-19-17-23(2)18-20-24)30(36)22-35(29-16-10-9-15-27(29)32)40(38,39)26-13-5-4-6-14-26/h4-6,9-10,13-20,25,28H,3,7-8,11-12,21-22H2,1-2H3,(H,33,37)/t28-/m0/s1. The Morgan fingerprint density at radius 2 is 1.57 bits per heavy atom. The molecule has 2 amide bonds. The molecule has 1 N–H and O–H groups in total. The molecule has 3 aromatic rings. The second-order valence-corrected chi connectivity index (χ2v) is 12.1. The Hall–Kier alpha value is -3.72. The first-order valence-electron chi connectivity index (χ1n) is 13.7. The van der Waals surface area contributed by atoms with Crippen LogP contribution in [-0.4, -0.2) is 43.8 Å². The summed E-state index contributed by atoms with van der Waals surface area (Å²) < 4.78 is 43.3. The lowest BCUT2D eigenvalue weighted by atomic mass is 10.1. The number of rotatable bonds is 11. The molecule has 0 bridgehead atoms. The lowest BCUT2D eigenvalue weighted by Crippen LogP contribution is -2.53. The lowest BCUT2D eigenvalue weighted by Gasteiger charge is -2.33. The molecular weight excluding hydrogens is 529 g/mol. The molecule has 1 atom stereocenters. The Balaban J connectivity index is 1.71. The van der Waals surface area contributed by atoms with Gasteiger partial charge in [0.25, 0.3) is 10.0 Å². The minimum absolute atomic E-state index is 0.0613. The molecule has 1 fully saturated rings. The number of aryl methyl sites for hydroxylation is 1. The number of halogens is 1. The summed E-state index contributed by atoms with van der Waals surface area (Å²) in [6.07, 6.45) is 4.21. The van der Waals surface area contributed by atoms with Crippen molar-refractivity contribution in [3.8, 4) is 0 Å². The van der Waals surface area contributed by atoms with Gasteiger partial charge in [0.15, 0.2) is 0 Å². The molecule has 3 aromatic carbocycles. The van der Waals surface area contributed by atoms with Gasteiger partial charge in [-0.1, -0.05) is 79.9 Å². The Morgan fingerprint density at radius 3 is 2.20 bits per heavy atom. The van der Waals surface area contributed by atoms with Crippen LogP contribution >= 0.6 is 0 Å². The van der Waals surface area contributed by atoms with Crippen LogP contribution in [-0.2, 0) is 26.2 Å². The molecule has 0 aliphatic heterocycles. The van der Waals surface area contributed by atoms with Crippen LogP contribution < -0.4 is 9.62 Å². The van der Waals surface area contributed by atoms with E-state index in [1.807, 2.05) is 38.1 Å². The van der Waals surface area contributed by atoms with Crippen LogP contribution in [0.4, 0.5) is 10.1 Å². The predicted molar refractivity (Wildman–Crippen MR) is 154 cm³/mol. The van der Waals surface area contributed by atoms with Crippen LogP contribution in [0, 0.1) is 12.7 Å². The zero-order valence-corrected chi connectivity index (χ0v) is 23.7. The van der Waals surface area contributed by atoms with E-state index in [1.54, 1.807) is 18.2 Å². The van der Waals surface area contributed by atoms with Crippen molar-refractivity contribution in [1.29, 1.82) is 0 Å². The van der Waals surface area contributed by atoms with Crippen molar-refractivity contribution in [2.24, 2.45) is 0 Å². The van der Waals surface area contributed by atoms with E-state index in [1.165, 1.54) is 35.2 Å². The van der Waals surface area contributed by atoms with Crippen LogP contribution in [0.5, 0.6) is 0 Å². The van der Waals surface area contributed by atoms with Gasteiger partial charge in [0.1, 0.15) is 18.4 Å². The number of hydrogen-bond donors (Lipinski definition) is 1. The summed E-state index contributed by atoms with van der Waals surface area (Å²) in [5.41, 5.74) is 1.61. The molecule has 9 heteroatoms. The fraction of sp³-hybridized carbons (Fsp3) is 0.355. The summed E-state index contributed by atoms with van der Waals surface area (Å²) in [4.78, 5) is 28.9. The van der Waals surface area contributed by atoms with Crippen LogP contribution in [0.25, 0.3) is 0 Å². The number of nitrogens with one attached hydrogen (secondary N) is 1. The number of sulfonamides is 1. The third-order valence-corrected chi connectivity index (χ3v) is 9.07. The number of amides is 2. The normalized spacial score (nSPS) is 14.5. The third kappa shape index (κ3) is 6.88. The van der Waals surface area contributed by atoms with Crippen molar-refractivity contribution in [3.05, 3.63) is 95.8 Å². The summed E-state index contributed by atoms with van der Waals surface area (Å²) in [7, 11) is -4.31. The smallest absolute Gasteiger partial charge is 0.264 e. The highest BCUT2D eigenvalue weighted by Gasteiger charge is 2.35. The zero-order valence-electron chi connectivity index (χ0n) is 22.9. The highest BCUT2D eigenvalue weighted by atomic mass is 32.2. The summed E-state index contributed by atoms with van der Waals surface area (Å²) in [6.45, 7) is 3.21. The Kier molecular flexibility index (Phi) is 9.58. The fourth-order valence-corrected chi connectivity index (χ4v) is 6.51. The molecule has 0 radical (unpaired) electrons. The minimum atomic E-state index is -4.31. The van der Waals surface area contributed by atoms with Gasteiger partial charge in [-0.25, -0.2) is 12.8 Å². The van der Waals surface area contributed by atoms with Crippen LogP contribution in [0.3, 0.4) is 0 Å². The van der Waals surface area contributed by atoms with E-state index in [4.69, 9.17) is 0 Å². The first-order chi connectivity index (χ1) is 19.2. The first kappa shape index (κ1) is 29.3. The summed E-state index contributed by atoms with van der Waals surface area (Å²) >= 11 is 0. The van der Waals surface area contributed by atoms with Crippen molar-refractivity contribution < 1.29 is 22.4 Å². The molecule has 1 saturated carbocycles. The molecule has 0 saturated heterocycles. The van der Waals surface area contributed by atoms with Crippen molar-refractivity contribution in [3.63, 3.8) is 0 Å². The molecule has 0 spiro atoms. The second kappa shape index (κ2) is 13.1. The predicted octanol–water partition coefficient (Wildman–Crippen LogP) is 5.20. The van der Waals surface area contributed by atoms with Crippen LogP contribution in [0.1, 0.15) is 50.2 Å². The van der Waals surface area contributed by atoms with Gasteiger partial charge >= 0.3 is 0 Å². The van der Waals surface area contributed by atoms with Gasteiger partial charge in [-0.2, -0.15) is 0 Å². The zero-order chi connectivity index (χ0) is 28.7. The lowest BCUT2D eigenvalue weighted by molar-refractivity contribution is -0.140. The Morgan fingerprint density at radius 1 is 0.950 bits per heavy atom. The number of carbonyl (C=O) groups is 2. The minimum Gasteiger partial charge on any atom is -0.352 e. The van der Waals surface area contributed by atoms with Gasteiger partial charge in [-0.3, -0.25) is 13.9 Å². The van der Waals surface area contributed by atoms with Gasteiger partial charge in [-0.15, -0.1) is 0 Å². The first-order valence-corrected chi connectivity index (χ1v) is 15.1.